The first-order valence-corrected chi connectivity index (χ1v) is 15.4. The third kappa shape index (κ3) is 4.96. The van der Waals surface area contributed by atoms with Crippen LogP contribution in [0.15, 0.2) is 23.1 Å². The normalized spacial score (nSPS) is 18.1. The molecule has 1 aliphatic carbocycles. The second-order valence-electron chi connectivity index (χ2n) is 9.46. The van der Waals surface area contributed by atoms with Gasteiger partial charge in [-0.15, -0.1) is 14.9 Å². The summed E-state index contributed by atoms with van der Waals surface area (Å²) in [6.07, 6.45) is -0.0206. The fourth-order valence-corrected chi connectivity index (χ4v) is 7.53. The van der Waals surface area contributed by atoms with Crippen molar-refractivity contribution in [2.45, 2.75) is 36.2 Å². The second-order valence-corrected chi connectivity index (χ2v) is 14.3. The molecular formula is C22H24F2N8O4S3. The van der Waals surface area contributed by atoms with Crippen molar-refractivity contribution in [3.63, 3.8) is 0 Å². The fourth-order valence-electron chi connectivity index (χ4n) is 4.37. The molecule has 1 fully saturated rings. The van der Waals surface area contributed by atoms with Gasteiger partial charge in [0.1, 0.15) is 5.69 Å². The molecule has 2 aromatic heterocycles. The van der Waals surface area contributed by atoms with Crippen LogP contribution in [0.25, 0.3) is 32.0 Å². The lowest BCUT2D eigenvalue weighted by molar-refractivity contribution is 0.150. The van der Waals surface area contributed by atoms with E-state index in [1.54, 1.807) is 13.1 Å². The molecule has 0 radical (unpaired) electrons. The SMILES string of the molecule is [C-]#[N+]C1(NS(=O)(=O)c2cc(C3=CCN(S(=O)(=O)N(C)C)CC3)c3c(c2)c(-c2nnc(C(F)F)s2)nn3C)CC1. The molecule has 0 unspecified atom stereocenters. The summed E-state index contributed by atoms with van der Waals surface area (Å²) in [5.41, 5.74) is 0.743. The number of nitrogens with one attached hydrogen (secondary N) is 1. The van der Waals surface area contributed by atoms with E-state index in [0.29, 0.717) is 52.6 Å². The number of halogens is 2. The van der Waals surface area contributed by atoms with Gasteiger partial charge in [-0.1, -0.05) is 17.4 Å². The van der Waals surface area contributed by atoms with E-state index in [1.807, 2.05) is 0 Å². The number of aryl methyl sites for hydroxylation is 1. The minimum absolute atomic E-state index is 0.0757. The summed E-state index contributed by atoms with van der Waals surface area (Å²) in [6, 6.07) is 2.86. The van der Waals surface area contributed by atoms with Crippen LogP contribution in [0.3, 0.4) is 0 Å². The van der Waals surface area contributed by atoms with Gasteiger partial charge in [-0.25, -0.2) is 23.8 Å². The molecule has 0 amide bonds. The minimum atomic E-state index is -4.16. The molecule has 2 aliphatic rings. The average Bonchev–Trinajstić information content (AvgIpc) is 3.31. The lowest BCUT2D eigenvalue weighted by atomic mass is 9.97. The predicted octanol–water partition coefficient (Wildman–Crippen LogP) is 2.61. The molecule has 39 heavy (non-hydrogen) atoms. The van der Waals surface area contributed by atoms with Gasteiger partial charge in [0, 0.05) is 45.2 Å². The van der Waals surface area contributed by atoms with Gasteiger partial charge >= 0.3 is 0 Å². The quantitative estimate of drug-likeness (QED) is 0.394. The molecular weight excluding hydrogens is 574 g/mol. The van der Waals surface area contributed by atoms with Gasteiger partial charge in [-0.05, 0) is 24.1 Å². The highest BCUT2D eigenvalue weighted by Gasteiger charge is 2.54. The summed E-state index contributed by atoms with van der Waals surface area (Å²) in [5, 5.41) is 11.8. The summed E-state index contributed by atoms with van der Waals surface area (Å²) >= 11 is 0.661. The number of aromatic nitrogens is 4. The van der Waals surface area contributed by atoms with Crippen LogP contribution in [0.5, 0.6) is 0 Å². The third-order valence-corrected chi connectivity index (χ3v) is 11.0. The van der Waals surface area contributed by atoms with Crippen LogP contribution in [0, 0.1) is 6.57 Å². The van der Waals surface area contributed by atoms with E-state index < -0.39 is 37.3 Å². The van der Waals surface area contributed by atoms with Gasteiger partial charge in [0.05, 0.1) is 23.3 Å². The Hall–Kier alpha value is -2.88. The largest absolute Gasteiger partial charge is 0.299 e. The minimum Gasteiger partial charge on any atom is -0.292 e. The summed E-state index contributed by atoms with van der Waals surface area (Å²) in [6.45, 7) is 7.62. The summed E-state index contributed by atoms with van der Waals surface area (Å²) in [7, 11) is -3.27. The highest BCUT2D eigenvalue weighted by molar-refractivity contribution is 7.89. The van der Waals surface area contributed by atoms with Gasteiger partial charge in [0.25, 0.3) is 22.3 Å². The van der Waals surface area contributed by atoms with Gasteiger partial charge < -0.3 is 0 Å². The smallest absolute Gasteiger partial charge is 0.292 e. The van der Waals surface area contributed by atoms with E-state index in [0.717, 1.165) is 4.31 Å². The Labute approximate surface area is 228 Å². The molecule has 1 aliphatic heterocycles. The second kappa shape index (κ2) is 9.64. The van der Waals surface area contributed by atoms with Crippen molar-refractivity contribution >= 4 is 48.0 Å². The number of sulfonamides is 1. The number of nitrogens with zero attached hydrogens (tertiary/aromatic N) is 7. The van der Waals surface area contributed by atoms with Crippen molar-refractivity contribution in [2.24, 2.45) is 7.05 Å². The number of hydrogen-bond acceptors (Lipinski definition) is 8. The van der Waals surface area contributed by atoms with E-state index in [1.165, 1.54) is 35.2 Å². The molecule has 0 spiro atoms. The Morgan fingerprint density at radius 2 is 1.92 bits per heavy atom. The summed E-state index contributed by atoms with van der Waals surface area (Å²) in [4.78, 5) is 3.30. The Morgan fingerprint density at radius 3 is 2.46 bits per heavy atom. The molecule has 3 heterocycles. The third-order valence-electron chi connectivity index (χ3n) is 6.62. The Kier molecular flexibility index (Phi) is 6.84. The molecule has 1 N–H and O–H groups in total. The topological polar surface area (TPSA) is 135 Å². The van der Waals surface area contributed by atoms with E-state index in [9.17, 15) is 25.6 Å². The highest BCUT2D eigenvalue weighted by Crippen LogP contribution is 2.41. The highest BCUT2D eigenvalue weighted by atomic mass is 32.2. The molecule has 0 saturated heterocycles. The number of alkyl halides is 2. The molecule has 12 nitrogen and oxygen atoms in total. The number of benzene rings is 1. The standard InChI is InChI=1S/C22H24F2N8O4S3/c1-25-22(7-8-22)29-38(33,34)14-11-15(13-5-9-32(10-6-13)39(35,36)30(2)3)18-16(12-14)17(28-31(18)4)20-26-27-21(37-20)19(23)24/h5,11-12,19,29H,6-10H2,2-4H3. The van der Waals surface area contributed by atoms with Crippen LogP contribution in [0.1, 0.15) is 36.3 Å². The van der Waals surface area contributed by atoms with Crippen molar-refractivity contribution in [2.75, 3.05) is 27.2 Å². The maximum atomic E-state index is 13.4. The molecule has 0 atom stereocenters. The summed E-state index contributed by atoms with van der Waals surface area (Å²) < 4.78 is 84.9. The van der Waals surface area contributed by atoms with Crippen LogP contribution in [-0.4, -0.2) is 78.3 Å². The Bertz CT molecular complexity index is 1750. The van der Waals surface area contributed by atoms with Crippen molar-refractivity contribution in [1.29, 1.82) is 0 Å². The first-order valence-electron chi connectivity index (χ1n) is 11.7. The van der Waals surface area contributed by atoms with Crippen molar-refractivity contribution < 1.29 is 25.6 Å². The summed E-state index contributed by atoms with van der Waals surface area (Å²) in [5.74, 6) is 0. The van der Waals surface area contributed by atoms with E-state index in [2.05, 4.69) is 24.9 Å². The number of hydrogen-bond donors (Lipinski definition) is 1. The Balaban J connectivity index is 1.67. The number of fused-ring (bicyclic) bond motifs is 1. The van der Waals surface area contributed by atoms with Crippen LogP contribution in [-0.2, 0) is 27.3 Å². The van der Waals surface area contributed by atoms with E-state index >= 15 is 0 Å². The van der Waals surface area contributed by atoms with Crippen molar-refractivity contribution in [1.82, 2.24) is 33.3 Å². The zero-order chi connectivity index (χ0) is 28.3. The molecule has 17 heteroatoms. The van der Waals surface area contributed by atoms with Crippen LogP contribution in [0.4, 0.5) is 8.78 Å². The van der Waals surface area contributed by atoms with Crippen molar-refractivity contribution in [3.05, 3.63) is 40.2 Å². The molecule has 5 rings (SSSR count). The first-order chi connectivity index (χ1) is 18.3. The molecule has 1 saturated carbocycles. The van der Waals surface area contributed by atoms with E-state index in [4.69, 9.17) is 6.57 Å². The van der Waals surface area contributed by atoms with Crippen molar-refractivity contribution in [3.8, 4) is 10.7 Å². The molecule has 3 aromatic rings. The average molecular weight is 599 g/mol. The molecule has 1 aromatic carbocycles. The van der Waals surface area contributed by atoms with Gasteiger partial charge in [-0.3, -0.25) is 9.53 Å². The van der Waals surface area contributed by atoms with Gasteiger partial charge in [0.2, 0.25) is 10.0 Å². The van der Waals surface area contributed by atoms with Crippen LogP contribution < -0.4 is 4.72 Å². The predicted molar refractivity (Wildman–Crippen MR) is 140 cm³/mol. The van der Waals surface area contributed by atoms with Crippen LogP contribution in [0.2, 0.25) is 0 Å². The number of rotatable bonds is 8. The zero-order valence-electron chi connectivity index (χ0n) is 21.1. The maximum Gasteiger partial charge on any atom is 0.299 e. The zero-order valence-corrected chi connectivity index (χ0v) is 23.5. The van der Waals surface area contributed by atoms with Gasteiger partial charge in [0.15, 0.2) is 10.0 Å². The lowest BCUT2D eigenvalue weighted by Gasteiger charge is -2.28. The monoisotopic (exact) mass is 598 g/mol. The fraction of sp³-hybridized carbons (Fsp3) is 0.455. The van der Waals surface area contributed by atoms with Gasteiger partial charge in [-0.2, -0.15) is 22.1 Å². The molecule has 208 valence electrons. The van der Waals surface area contributed by atoms with Crippen LogP contribution >= 0.6 is 11.3 Å². The lowest BCUT2D eigenvalue weighted by Crippen LogP contribution is -2.42. The molecule has 0 bridgehead atoms. The van der Waals surface area contributed by atoms with E-state index in [-0.39, 0.29) is 28.7 Å². The first kappa shape index (κ1) is 27.7. The maximum absolute atomic E-state index is 13.4. The Morgan fingerprint density at radius 1 is 1.21 bits per heavy atom.